The summed E-state index contributed by atoms with van der Waals surface area (Å²) in [7, 11) is 0. The lowest BCUT2D eigenvalue weighted by atomic mass is 10.1. The van der Waals surface area contributed by atoms with Gasteiger partial charge in [0, 0.05) is 12.0 Å². The van der Waals surface area contributed by atoms with Crippen molar-refractivity contribution in [2.75, 3.05) is 0 Å². The Morgan fingerprint density at radius 2 is 1.76 bits per heavy atom. The predicted octanol–water partition coefficient (Wildman–Crippen LogP) is 3.51. The van der Waals surface area contributed by atoms with Gasteiger partial charge in [-0.05, 0) is 36.8 Å². The molecule has 102 valence electrons. The second-order valence-electron chi connectivity index (χ2n) is 4.87. The average molecular weight is 275 g/mol. The third-order valence-electron chi connectivity index (χ3n) is 3.21. The molecule has 1 heterocycles. The van der Waals surface area contributed by atoms with E-state index >= 15 is 0 Å². The molecule has 0 bridgehead atoms. The minimum absolute atomic E-state index is 0.474. The summed E-state index contributed by atoms with van der Waals surface area (Å²) in [5.41, 5.74) is 3.80. The minimum atomic E-state index is 0.474. The molecule has 0 unspecified atom stereocenters. The number of nitrogens with zero attached hydrogens (tertiary/aromatic N) is 3. The van der Waals surface area contributed by atoms with Gasteiger partial charge in [0.25, 0.3) is 5.89 Å². The Labute approximate surface area is 122 Å². The lowest BCUT2D eigenvalue weighted by Gasteiger charge is -1.97. The van der Waals surface area contributed by atoms with E-state index in [1.54, 1.807) is 12.1 Å². The van der Waals surface area contributed by atoms with Gasteiger partial charge in [0.1, 0.15) is 0 Å². The molecule has 0 atom stereocenters. The normalized spacial score (nSPS) is 10.3. The van der Waals surface area contributed by atoms with Crippen LogP contribution < -0.4 is 0 Å². The molecule has 3 rings (SSSR count). The summed E-state index contributed by atoms with van der Waals surface area (Å²) in [5.74, 6) is 1.12. The highest BCUT2D eigenvalue weighted by atomic mass is 16.5. The molecule has 0 spiro atoms. The van der Waals surface area contributed by atoms with Gasteiger partial charge in [-0.25, -0.2) is 0 Å². The zero-order valence-corrected chi connectivity index (χ0v) is 11.6. The second-order valence-corrected chi connectivity index (χ2v) is 4.87. The molecule has 0 saturated carbocycles. The fourth-order valence-electron chi connectivity index (χ4n) is 2.02. The van der Waals surface area contributed by atoms with Crippen LogP contribution in [0.4, 0.5) is 0 Å². The van der Waals surface area contributed by atoms with Crippen LogP contribution in [0.25, 0.3) is 11.5 Å². The first-order chi connectivity index (χ1) is 10.2. The fraction of sp³-hybridized carbons (Fsp3) is 0.118. The molecular formula is C17H13N3O. The average Bonchev–Trinajstić information content (AvgIpc) is 2.98. The summed E-state index contributed by atoms with van der Waals surface area (Å²) in [5, 5.41) is 12.8. The summed E-state index contributed by atoms with van der Waals surface area (Å²) in [6.07, 6.45) is 0.639. The van der Waals surface area contributed by atoms with Crippen molar-refractivity contribution in [2.45, 2.75) is 13.3 Å². The van der Waals surface area contributed by atoms with Crippen LogP contribution in [0.5, 0.6) is 0 Å². The number of aromatic nitrogens is 2. The van der Waals surface area contributed by atoms with E-state index in [9.17, 15) is 0 Å². The van der Waals surface area contributed by atoms with Gasteiger partial charge >= 0.3 is 0 Å². The lowest BCUT2D eigenvalue weighted by Crippen LogP contribution is -1.90. The highest BCUT2D eigenvalue weighted by molar-refractivity contribution is 5.54. The van der Waals surface area contributed by atoms with Gasteiger partial charge in [-0.1, -0.05) is 35.0 Å². The Morgan fingerprint density at radius 1 is 1.05 bits per heavy atom. The van der Waals surface area contributed by atoms with Gasteiger partial charge < -0.3 is 4.52 Å². The molecule has 2 aromatic carbocycles. The lowest BCUT2D eigenvalue weighted by molar-refractivity contribution is 0.424. The molecule has 0 N–H and O–H groups in total. The first-order valence-electron chi connectivity index (χ1n) is 6.63. The van der Waals surface area contributed by atoms with E-state index < -0.39 is 0 Å². The van der Waals surface area contributed by atoms with E-state index in [4.69, 9.17) is 9.78 Å². The van der Waals surface area contributed by atoms with Crippen molar-refractivity contribution in [2.24, 2.45) is 0 Å². The van der Waals surface area contributed by atoms with Crippen molar-refractivity contribution in [3.8, 4) is 17.5 Å². The molecule has 0 amide bonds. The van der Waals surface area contributed by atoms with E-state index in [1.165, 1.54) is 5.56 Å². The molecule has 0 aliphatic carbocycles. The number of hydrogen-bond donors (Lipinski definition) is 0. The van der Waals surface area contributed by atoms with E-state index in [0.29, 0.717) is 23.7 Å². The topological polar surface area (TPSA) is 62.7 Å². The summed E-state index contributed by atoms with van der Waals surface area (Å²) >= 11 is 0. The number of hydrogen-bond acceptors (Lipinski definition) is 4. The molecule has 21 heavy (non-hydrogen) atoms. The molecule has 4 nitrogen and oxygen atoms in total. The Balaban J connectivity index is 1.79. The zero-order chi connectivity index (χ0) is 14.7. The first kappa shape index (κ1) is 13.1. The van der Waals surface area contributed by atoms with Crippen LogP contribution in [0.15, 0.2) is 53.1 Å². The smallest absolute Gasteiger partial charge is 0.257 e. The first-order valence-corrected chi connectivity index (χ1v) is 6.63. The summed E-state index contributed by atoms with van der Waals surface area (Å²) in [6, 6.07) is 17.4. The van der Waals surface area contributed by atoms with E-state index in [1.807, 2.05) is 12.1 Å². The van der Waals surface area contributed by atoms with Crippen LogP contribution in [0, 0.1) is 18.3 Å². The Morgan fingerprint density at radius 3 is 2.43 bits per heavy atom. The van der Waals surface area contributed by atoms with Gasteiger partial charge in [0.15, 0.2) is 5.82 Å². The number of benzene rings is 2. The second kappa shape index (κ2) is 5.59. The van der Waals surface area contributed by atoms with E-state index in [2.05, 4.69) is 47.4 Å². The molecule has 4 heteroatoms. The van der Waals surface area contributed by atoms with Gasteiger partial charge in [-0.3, -0.25) is 0 Å². The number of nitriles is 1. The molecular weight excluding hydrogens is 262 g/mol. The standard InChI is InChI=1S/C17H13N3O/c1-12-2-4-13(5-3-12)10-16-19-17(21-20-16)15-8-6-14(11-18)7-9-15/h2-9H,10H2,1H3. The Kier molecular flexibility index (Phi) is 3.48. The third kappa shape index (κ3) is 2.98. The maximum absolute atomic E-state index is 8.79. The van der Waals surface area contributed by atoms with E-state index in [-0.39, 0.29) is 0 Å². The van der Waals surface area contributed by atoms with Gasteiger partial charge in [0.05, 0.1) is 11.6 Å². The molecule has 0 fully saturated rings. The van der Waals surface area contributed by atoms with E-state index in [0.717, 1.165) is 11.1 Å². The minimum Gasteiger partial charge on any atom is -0.334 e. The Hall–Kier alpha value is -2.93. The van der Waals surface area contributed by atoms with Crippen molar-refractivity contribution in [1.82, 2.24) is 10.1 Å². The molecule has 0 aliphatic rings. The zero-order valence-electron chi connectivity index (χ0n) is 11.6. The van der Waals surface area contributed by atoms with Crippen molar-refractivity contribution < 1.29 is 4.52 Å². The highest BCUT2D eigenvalue weighted by Gasteiger charge is 2.09. The Bertz CT molecular complexity index is 780. The van der Waals surface area contributed by atoms with Crippen molar-refractivity contribution >= 4 is 0 Å². The van der Waals surface area contributed by atoms with Crippen LogP contribution in [-0.2, 0) is 6.42 Å². The van der Waals surface area contributed by atoms with Crippen LogP contribution in [0.3, 0.4) is 0 Å². The molecule has 0 saturated heterocycles. The summed E-state index contributed by atoms with van der Waals surface area (Å²) < 4.78 is 5.28. The van der Waals surface area contributed by atoms with Crippen LogP contribution in [-0.4, -0.2) is 10.1 Å². The maximum atomic E-state index is 8.79. The highest BCUT2D eigenvalue weighted by Crippen LogP contribution is 2.18. The SMILES string of the molecule is Cc1ccc(Cc2noc(-c3ccc(C#N)cc3)n2)cc1. The van der Waals surface area contributed by atoms with Gasteiger partial charge in [0.2, 0.25) is 0 Å². The fourth-order valence-corrected chi connectivity index (χ4v) is 2.02. The van der Waals surface area contributed by atoms with Crippen LogP contribution in [0.2, 0.25) is 0 Å². The quantitative estimate of drug-likeness (QED) is 0.733. The van der Waals surface area contributed by atoms with Crippen molar-refractivity contribution in [1.29, 1.82) is 5.26 Å². The van der Waals surface area contributed by atoms with Crippen molar-refractivity contribution in [3.05, 3.63) is 71.0 Å². The number of aryl methyl sites for hydroxylation is 1. The third-order valence-corrected chi connectivity index (χ3v) is 3.21. The summed E-state index contributed by atoms with van der Waals surface area (Å²) in [6.45, 7) is 2.06. The molecule has 3 aromatic rings. The predicted molar refractivity (Wildman–Crippen MR) is 78.4 cm³/mol. The van der Waals surface area contributed by atoms with Crippen molar-refractivity contribution in [3.63, 3.8) is 0 Å². The van der Waals surface area contributed by atoms with Crippen LogP contribution in [0.1, 0.15) is 22.5 Å². The number of rotatable bonds is 3. The maximum Gasteiger partial charge on any atom is 0.257 e. The molecule has 1 aromatic heterocycles. The van der Waals surface area contributed by atoms with Gasteiger partial charge in [-0.15, -0.1) is 0 Å². The molecule has 0 aliphatic heterocycles. The summed E-state index contributed by atoms with van der Waals surface area (Å²) in [4.78, 5) is 4.39. The molecule has 0 radical (unpaired) electrons. The monoisotopic (exact) mass is 275 g/mol. The van der Waals surface area contributed by atoms with Crippen LogP contribution >= 0.6 is 0 Å². The van der Waals surface area contributed by atoms with Gasteiger partial charge in [-0.2, -0.15) is 10.2 Å². The largest absolute Gasteiger partial charge is 0.334 e.